The van der Waals surface area contributed by atoms with E-state index < -0.39 is 0 Å². The molecule has 1 aromatic carbocycles. The van der Waals surface area contributed by atoms with Crippen molar-refractivity contribution in [1.29, 1.82) is 0 Å². The Morgan fingerprint density at radius 3 is 2.32 bits per heavy atom. The van der Waals surface area contributed by atoms with Crippen molar-refractivity contribution >= 4 is 5.69 Å². The van der Waals surface area contributed by atoms with E-state index in [0.717, 1.165) is 31.9 Å². The van der Waals surface area contributed by atoms with Crippen LogP contribution in [0.3, 0.4) is 0 Å². The average Bonchev–Trinajstić information content (AvgIpc) is 2.63. The molecular formula is C15H22N2O2. The summed E-state index contributed by atoms with van der Waals surface area (Å²) < 4.78 is 0. The molecule has 0 saturated carbocycles. The molecule has 0 radical (unpaired) electrons. The van der Waals surface area contributed by atoms with E-state index in [1.54, 1.807) is 12.1 Å². The molecule has 0 aromatic heterocycles. The number of aliphatic hydroxyl groups excluding tert-OH is 1. The number of rotatable bonds is 3. The maximum Gasteiger partial charge on any atom is 0.201 e. The van der Waals surface area contributed by atoms with Crippen molar-refractivity contribution in [3.63, 3.8) is 0 Å². The summed E-state index contributed by atoms with van der Waals surface area (Å²) in [6.07, 6.45) is -0.323. The van der Waals surface area contributed by atoms with Crippen LogP contribution >= 0.6 is 0 Å². The zero-order valence-electron chi connectivity index (χ0n) is 11.6. The lowest BCUT2D eigenvalue weighted by atomic mass is 10.1. The smallest absolute Gasteiger partial charge is 0.201 e. The molecule has 19 heavy (non-hydrogen) atoms. The van der Waals surface area contributed by atoms with E-state index in [1.165, 1.54) is 0 Å². The van der Waals surface area contributed by atoms with Gasteiger partial charge in [-0.05, 0) is 26.0 Å². The van der Waals surface area contributed by atoms with Crippen molar-refractivity contribution in [3.05, 3.63) is 40.6 Å². The second-order valence-corrected chi connectivity index (χ2v) is 5.16. The molecule has 1 N–H and O–H groups in total. The van der Waals surface area contributed by atoms with Gasteiger partial charge in [0, 0.05) is 32.2 Å². The lowest BCUT2D eigenvalue weighted by Gasteiger charge is -2.39. The lowest BCUT2D eigenvalue weighted by molar-refractivity contribution is 0.0672. The fourth-order valence-corrected chi connectivity index (χ4v) is 2.46. The third-order valence-corrected chi connectivity index (χ3v) is 3.91. The van der Waals surface area contributed by atoms with E-state index in [0.29, 0.717) is 0 Å². The molecule has 4 nitrogen and oxygen atoms in total. The van der Waals surface area contributed by atoms with E-state index >= 15 is 0 Å². The highest BCUT2D eigenvalue weighted by molar-refractivity contribution is 5.45. The molecule has 2 atom stereocenters. The minimum absolute atomic E-state index is 0.0713. The summed E-state index contributed by atoms with van der Waals surface area (Å²) in [7, 11) is 0. The second kappa shape index (κ2) is 6.17. The Morgan fingerprint density at radius 1 is 1.05 bits per heavy atom. The molecule has 1 aromatic rings. The summed E-state index contributed by atoms with van der Waals surface area (Å²) in [5.74, 6) is 0. The van der Waals surface area contributed by atoms with Gasteiger partial charge in [0.15, 0.2) is 0 Å². The van der Waals surface area contributed by atoms with Crippen LogP contribution in [0.1, 0.15) is 13.8 Å². The minimum Gasteiger partial charge on any atom is -0.392 e. The van der Waals surface area contributed by atoms with Crippen molar-refractivity contribution < 1.29 is 5.11 Å². The van der Waals surface area contributed by atoms with Crippen LogP contribution in [0.4, 0.5) is 5.69 Å². The molecule has 4 heteroatoms. The fraction of sp³-hybridized carbons (Fsp3) is 0.533. The molecule has 1 aliphatic heterocycles. The lowest BCUT2D eigenvalue weighted by Crippen LogP contribution is -2.52. The van der Waals surface area contributed by atoms with Gasteiger partial charge in [-0.1, -0.05) is 18.2 Å². The third kappa shape index (κ3) is 3.33. The molecule has 1 fully saturated rings. The summed E-state index contributed by atoms with van der Waals surface area (Å²) in [6, 6.07) is 9.21. The highest BCUT2D eigenvalue weighted by Crippen LogP contribution is 2.14. The van der Waals surface area contributed by atoms with Gasteiger partial charge in [-0.3, -0.25) is 9.69 Å². The van der Waals surface area contributed by atoms with Gasteiger partial charge in [0.25, 0.3) is 0 Å². The Balaban J connectivity index is 2.05. The first-order chi connectivity index (χ1) is 9.09. The van der Waals surface area contributed by atoms with Crippen molar-refractivity contribution in [2.75, 3.05) is 31.1 Å². The zero-order valence-corrected chi connectivity index (χ0v) is 11.6. The molecule has 104 valence electrons. The molecule has 1 heterocycles. The van der Waals surface area contributed by atoms with Crippen LogP contribution in [0.15, 0.2) is 35.1 Å². The number of aliphatic hydroxyl groups is 1. The first-order valence-corrected chi connectivity index (χ1v) is 6.86. The van der Waals surface area contributed by atoms with E-state index in [4.69, 9.17) is 0 Å². The summed E-state index contributed by atoms with van der Waals surface area (Å²) >= 11 is 0. The highest BCUT2D eigenvalue weighted by Gasteiger charge is 2.24. The second-order valence-electron chi connectivity index (χ2n) is 5.16. The normalized spacial score (nSPS) is 20.1. The first-order valence-electron chi connectivity index (χ1n) is 6.86. The standard InChI is InChI=1S/C15H22N2O2/c1-12(13(2)18)16-8-10-17(11-9-16)14-6-4-3-5-7-15(14)19/h3-7,12-13,18H,8-11H2,1-2H3. The SMILES string of the molecule is CC(O)C(C)N1CCN(c2cccccc2=O)CC1. The quantitative estimate of drug-likeness (QED) is 0.880. The van der Waals surface area contributed by atoms with Crippen LogP contribution in [0.25, 0.3) is 0 Å². The molecule has 1 aliphatic rings. The van der Waals surface area contributed by atoms with E-state index in [2.05, 4.69) is 9.80 Å². The van der Waals surface area contributed by atoms with Gasteiger partial charge < -0.3 is 10.0 Å². The number of nitrogens with zero attached hydrogens (tertiary/aromatic N) is 2. The minimum atomic E-state index is -0.323. The molecule has 0 spiro atoms. The number of hydrogen-bond acceptors (Lipinski definition) is 4. The van der Waals surface area contributed by atoms with E-state index in [1.807, 2.05) is 32.0 Å². The molecule has 0 aliphatic carbocycles. The monoisotopic (exact) mass is 262 g/mol. The topological polar surface area (TPSA) is 43.8 Å². The molecular weight excluding hydrogens is 240 g/mol. The maximum atomic E-state index is 11.9. The Labute approximate surface area is 114 Å². The Morgan fingerprint density at radius 2 is 1.68 bits per heavy atom. The fourth-order valence-electron chi connectivity index (χ4n) is 2.46. The van der Waals surface area contributed by atoms with Crippen molar-refractivity contribution in [2.45, 2.75) is 26.0 Å². The van der Waals surface area contributed by atoms with Crippen molar-refractivity contribution in [1.82, 2.24) is 4.90 Å². The summed E-state index contributed by atoms with van der Waals surface area (Å²) in [6.45, 7) is 7.28. The van der Waals surface area contributed by atoms with Gasteiger partial charge >= 0.3 is 0 Å². The molecule has 1 saturated heterocycles. The number of hydrogen-bond donors (Lipinski definition) is 1. The molecule has 0 bridgehead atoms. The Bertz CT molecular complexity index is 468. The maximum absolute atomic E-state index is 11.9. The third-order valence-electron chi connectivity index (χ3n) is 3.91. The van der Waals surface area contributed by atoms with E-state index in [-0.39, 0.29) is 17.6 Å². The summed E-state index contributed by atoms with van der Waals surface area (Å²) in [5.41, 5.74) is 0.844. The molecule has 2 rings (SSSR count). The Kier molecular flexibility index (Phi) is 4.56. The van der Waals surface area contributed by atoms with Gasteiger partial charge in [0.05, 0.1) is 11.8 Å². The van der Waals surface area contributed by atoms with Crippen LogP contribution in [-0.4, -0.2) is 48.3 Å². The molecule has 2 unspecified atom stereocenters. The predicted octanol–water partition coefficient (Wildman–Crippen LogP) is 0.938. The highest BCUT2D eigenvalue weighted by atomic mass is 16.3. The Hall–Kier alpha value is -1.39. The van der Waals surface area contributed by atoms with E-state index in [9.17, 15) is 9.90 Å². The first kappa shape index (κ1) is 14.0. The number of piperazine rings is 1. The zero-order chi connectivity index (χ0) is 13.8. The van der Waals surface area contributed by atoms with Gasteiger partial charge in [0.2, 0.25) is 5.43 Å². The predicted molar refractivity (Wildman–Crippen MR) is 77.6 cm³/mol. The van der Waals surface area contributed by atoms with Gasteiger partial charge in [-0.2, -0.15) is 0 Å². The number of anilines is 1. The summed E-state index contributed by atoms with van der Waals surface area (Å²) in [5, 5.41) is 9.63. The van der Waals surface area contributed by atoms with Crippen molar-refractivity contribution in [3.8, 4) is 0 Å². The van der Waals surface area contributed by atoms with Gasteiger partial charge in [0.1, 0.15) is 0 Å². The van der Waals surface area contributed by atoms with Gasteiger partial charge in [-0.25, -0.2) is 0 Å². The van der Waals surface area contributed by atoms with Crippen LogP contribution in [0, 0.1) is 0 Å². The van der Waals surface area contributed by atoms with Crippen LogP contribution in [0.2, 0.25) is 0 Å². The van der Waals surface area contributed by atoms with Crippen LogP contribution < -0.4 is 10.3 Å². The summed E-state index contributed by atoms with van der Waals surface area (Å²) in [4.78, 5) is 16.4. The van der Waals surface area contributed by atoms with Crippen molar-refractivity contribution in [2.24, 2.45) is 0 Å². The van der Waals surface area contributed by atoms with Crippen LogP contribution in [0.5, 0.6) is 0 Å². The van der Waals surface area contributed by atoms with Crippen LogP contribution in [-0.2, 0) is 0 Å². The average molecular weight is 262 g/mol. The van der Waals surface area contributed by atoms with Gasteiger partial charge in [-0.15, -0.1) is 0 Å². The molecule has 0 amide bonds. The largest absolute Gasteiger partial charge is 0.392 e.